The van der Waals surface area contributed by atoms with Gasteiger partial charge in [0.05, 0.1) is 24.2 Å². The van der Waals surface area contributed by atoms with Crippen molar-refractivity contribution in [1.82, 2.24) is 5.32 Å². The molecular weight excluding hydrogens is 422 g/mol. The topological polar surface area (TPSA) is 116 Å². The number of fused-ring (bicyclic) bond motifs is 1. The number of carboxylic acid groups (broad SMARTS) is 1. The van der Waals surface area contributed by atoms with E-state index in [4.69, 9.17) is 9.47 Å². The van der Waals surface area contributed by atoms with Crippen molar-refractivity contribution in [3.63, 3.8) is 0 Å². The molecule has 0 aromatic heterocycles. The lowest BCUT2D eigenvalue weighted by atomic mass is 9.78. The van der Waals surface area contributed by atoms with Crippen LogP contribution in [0.2, 0.25) is 0 Å². The van der Waals surface area contributed by atoms with Crippen molar-refractivity contribution >= 4 is 11.9 Å². The standard InChI is InChI=1S/C26H27NO5.H2O/c1-14-13-18-11-8-12-19(24(18)32-23(14)17-9-6-5-7-10-17)22-20(25(28)29)15(2)27-16(3)21(22)26(30)31-4;/h5-12,14,22-23,27H,13H2,1-4H3,(H,28,29);1H2. The molecule has 3 unspecified atom stereocenters. The van der Waals surface area contributed by atoms with Crippen LogP contribution in [0.25, 0.3) is 0 Å². The van der Waals surface area contributed by atoms with Gasteiger partial charge in [-0.05, 0) is 31.4 Å². The third-order valence-corrected chi connectivity index (χ3v) is 6.27. The van der Waals surface area contributed by atoms with Gasteiger partial charge in [0.25, 0.3) is 0 Å². The number of carbonyl (C=O) groups excluding carboxylic acids is 1. The van der Waals surface area contributed by atoms with E-state index >= 15 is 0 Å². The molecule has 2 aliphatic heterocycles. The van der Waals surface area contributed by atoms with Crippen molar-refractivity contribution in [1.29, 1.82) is 0 Å². The number of aliphatic carboxylic acids is 1. The fraction of sp³-hybridized carbons (Fsp3) is 0.308. The molecule has 174 valence electrons. The number of hydrogen-bond donors (Lipinski definition) is 2. The minimum Gasteiger partial charge on any atom is -0.485 e. The normalized spacial score (nSPS) is 21.9. The van der Waals surface area contributed by atoms with Crippen molar-refractivity contribution < 1.29 is 29.6 Å². The Balaban J connectivity index is 0.00000306. The first-order chi connectivity index (χ1) is 15.3. The summed E-state index contributed by atoms with van der Waals surface area (Å²) in [7, 11) is 1.30. The van der Waals surface area contributed by atoms with Crippen LogP contribution in [0.5, 0.6) is 5.75 Å². The van der Waals surface area contributed by atoms with E-state index in [0.717, 1.165) is 17.5 Å². The molecule has 3 atom stereocenters. The Labute approximate surface area is 193 Å². The average Bonchev–Trinajstić information content (AvgIpc) is 2.77. The van der Waals surface area contributed by atoms with Crippen LogP contribution in [0.4, 0.5) is 0 Å². The molecule has 0 bridgehead atoms. The quantitative estimate of drug-likeness (QED) is 0.685. The lowest BCUT2D eigenvalue weighted by molar-refractivity contribution is -0.136. The lowest BCUT2D eigenvalue weighted by Crippen LogP contribution is -2.32. The van der Waals surface area contributed by atoms with E-state index in [1.807, 2.05) is 48.5 Å². The van der Waals surface area contributed by atoms with Gasteiger partial charge in [-0.15, -0.1) is 0 Å². The van der Waals surface area contributed by atoms with Crippen molar-refractivity contribution in [3.05, 3.63) is 87.8 Å². The molecule has 0 amide bonds. The molecule has 2 aromatic rings. The van der Waals surface area contributed by atoms with E-state index in [1.54, 1.807) is 13.8 Å². The minimum absolute atomic E-state index is 0. The Kier molecular flexibility index (Phi) is 6.93. The molecule has 2 aliphatic rings. The summed E-state index contributed by atoms with van der Waals surface area (Å²) in [4.78, 5) is 25.1. The van der Waals surface area contributed by atoms with Gasteiger partial charge >= 0.3 is 11.9 Å². The molecule has 2 aromatic carbocycles. The number of dihydropyridines is 1. The third kappa shape index (κ3) is 4.24. The summed E-state index contributed by atoms with van der Waals surface area (Å²) in [6.07, 6.45) is 0.617. The van der Waals surface area contributed by atoms with Gasteiger partial charge in [-0.3, -0.25) is 0 Å². The van der Waals surface area contributed by atoms with Crippen LogP contribution >= 0.6 is 0 Å². The molecule has 33 heavy (non-hydrogen) atoms. The van der Waals surface area contributed by atoms with Gasteiger partial charge in [0.2, 0.25) is 0 Å². The number of hydrogen-bond acceptors (Lipinski definition) is 5. The molecule has 0 aliphatic carbocycles. The van der Waals surface area contributed by atoms with Gasteiger partial charge in [0.15, 0.2) is 0 Å². The zero-order valence-corrected chi connectivity index (χ0v) is 19.1. The number of carbonyl (C=O) groups is 2. The van der Waals surface area contributed by atoms with Crippen LogP contribution < -0.4 is 10.1 Å². The van der Waals surface area contributed by atoms with Crippen molar-refractivity contribution in [2.45, 2.75) is 39.2 Å². The van der Waals surface area contributed by atoms with Crippen molar-refractivity contribution in [2.75, 3.05) is 7.11 Å². The predicted octanol–water partition coefficient (Wildman–Crippen LogP) is 3.67. The van der Waals surface area contributed by atoms with Gasteiger partial charge in [-0.25, -0.2) is 9.59 Å². The number of carboxylic acids is 1. The molecule has 2 heterocycles. The van der Waals surface area contributed by atoms with Gasteiger partial charge in [-0.2, -0.15) is 0 Å². The number of allylic oxidation sites excluding steroid dienone is 2. The second kappa shape index (κ2) is 9.50. The first-order valence-electron chi connectivity index (χ1n) is 10.7. The second-order valence-corrected chi connectivity index (χ2v) is 8.40. The summed E-state index contributed by atoms with van der Waals surface area (Å²) < 4.78 is 11.6. The predicted molar refractivity (Wildman–Crippen MR) is 124 cm³/mol. The number of para-hydroxylation sites is 1. The van der Waals surface area contributed by atoms with E-state index < -0.39 is 17.9 Å². The van der Waals surface area contributed by atoms with Crippen LogP contribution in [0, 0.1) is 5.92 Å². The Morgan fingerprint density at radius 1 is 1.03 bits per heavy atom. The lowest BCUT2D eigenvalue weighted by Gasteiger charge is -2.36. The van der Waals surface area contributed by atoms with E-state index in [0.29, 0.717) is 22.7 Å². The highest BCUT2D eigenvalue weighted by molar-refractivity contribution is 5.99. The van der Waals surface area contributed by atoms with Crippen LogP contribution in [0.3, 0.4) is 0 Å². The number of ether oxygens (including phenoxy) is 2. The molecule has 4 rings (SSSR count). The van der Waals surface area contributed by atoms with E-state index in [2.05, 4.69) is 12.2 Å². The number of methoxy groups -OCH3 is 1. The van der Waals surface area contributed by atoms with Gasteiger partial charge in [0.1, 0.15) is 11.9 Å². The molecule has 7 nitrogen and oxygen atoms in total. The van der Waals surface area contributed by atoms with Gasteiger partial charge < -0.3 is 25.4 Å². The Bertz CT molecular complexity index is 1130. The monoisotopic (exact) mass is 451 g/mol. The molecule has 0 saturated carbocycles. The third-order valence-electron chi connectivity index (χ3n) is 6.27. The minimum atomic E-state index is -1.09. The Morgan fingerprint density at radius 2 is 1.70 bits per heavy atom. The summed E-state index contributed by atoms with van der Waals surface area (Å²) >= 11 is 0. The maximum atomic E-state index is 12.8. The summed E-state index contributed by atoms with van der Waals surface area (Å²) in [6, 6.07) is 15.8. The first-order valence-corrected chi connectivity index (χ1v) is 10.7. The average molecular weight is 452 g/mol. The Hall–Kier alpha value is -3.58. The highest BCUT2D eigenvalue weighted by atomic mass is 16.5. The summed E-state index contributed by atoms with van der Waals surface area (Å²) in [5, 5.41) is 13.1. The zero-order chi connectivity index (χ0) is 23.0. The molecule has 0 radical (unpaired) electrons. The van der Waals surface area contributed by atoms with E-state index in [9.17, 15) is 14.7 Å². The van der Waals surface area contributed by atoms with Crippen LogP contribution in [0.15, 0.2) is 71.1 Å². The SMILES string of the molecule is COC(=O)C1=C(C)NC(C)=C(C(=O)O)C1c1cccc2c1OC(c1ccccc1)C(C)C2.O. The fourth-order valence-corrected chi connectivity index (χ4v) is 4.84. The maximum Gasteiger partial charge on any atom is 0.336 e. The summed E-state index contributed by atoms with van der Waals surface area (Å²) in [5.74, 6) is -1.57. The number of esters is 1. The molecular formula is C26H29NO6. The molecule has 4 N–H and O–H groups in total. The highest BCUT2D eigenvalue weighted by Gasteiger charge is 2.40. The van der Waals surface area contributed by atoms with E-state index in [-0.39, 0.29) is 28.6 Å². The molecule has 0 fully saturated rings. The smallest absolute Gasteiger partial charge is 0.336 e. The second-order valence-electron chi connectivity index (χ2n) is 8.40. The largest absolute Gasteiger partial charge is 0.485 e. The molecule has 0 saturated heterocycles. The van der Waals surface area contributed by atoms with Crippen LogP contribution in [0.1, 0.15) is 49.5 Å². The highest BCUT2D eigenvalue weighted by Crippen LogP contribution is 2.47. The Morgan fingerprint density at radius 3 is 2.33 bits per heavy atom. The fourth-order valence-electron chi connectivity index (χ4n) is 4.84. The number of nitrogens with one attached hydrogen (secondary N) is 1. The molecule has 0 spiro atoms. The van der Waals surface area contributed by atoms with Crippen molar-refractivity contribution in [2.24, 2.45) is 5.92 Å². The zero-order valence-electron chi connectivity index (χ0n) is 19.1. The van der Waals surface area contributed by atoms with Gasteiger partial charge in [0, 0.05) is 22.9 Å². The molecule has 7 heteroatoms. The van der Waals surface area contributed by atoms with E-state index in [1.165, 1.54) is 7.11 Å². The summed E-state index contributed by atoms with van der Waals surface area (Å²) in [6.45, 7) is 5.61. The first kappa shape index (κ1) is 24.1. The van der Waals surface area contributed by atoms with Crippen LogP contribution in [-0.4, -0.2) is 29.6 Å². The van der Waals surface area contributed by atoms with Crippen LogP contribution in [-0.2, 0) is 20.7 Å². The van der Waals surface area contributed by atoms with Crippen molar-refractivity contribution in [3.8, 4) is 5.75 Å². The summed E-state index contributed by atoms with van der Waals surface area (Å²) in [5.41, 5.74) is 4.19. The van der Waals surface area contributed by atoms with Gasteiger partial charge in [-0.1, -0.05) is 55.5 Å². The number of rotatable bonds is 4. The maximum absolute atomic E-state index is 12.8. The number of benzene rings is 2.